The van der Waals surface area contributed by atoms with Gasteiger partial charge in [-0.3, -0.25) is 4.79 Å². The number of aliphatic hydroxyl groups is 1. The molecule has 0 aromatic carbocycles. The lowest BCUT2D eigenvalue weighted by Gasteiger charge is -2.15. The molecule has 6 heteroatoms. The van der Waals surface area contributed by atoms with Crippen molar-refractivity contribution >= 4 is 5.97 Å². The molecule has 1 rings (SSSR count). The molecule has 0 aliphatic carbocycles. The van der Waals surface area contributed by atoms with Crippen LogP contribution in [0.4, 0.5) is 0 Å². The van der Waals surface area contributed by atoms with Gasteiger partial charge in [0.25, 0.3) is 0 Å². The standard InChI is InChI=1S/C12H20N2O4/c15-9-11(8-14-6-5-13-10-14)18-7-3-1-2-4-12(16)17/h5-6,10-11,15H,1-4,7-9H2,(H,16,17). The van der Waals surface area contributed by atoms with Gasteiger partial charge in [-0.2, -0.15) is 0 Å². The van der Waals surface area contributed by atoms with Crippen LogP contribution in [0.25, 0.3) is 0 Å². The van der Waals surface area contributed by atoms with E-state index in [9.17, 15) is 4.79 Å². The van der Waals surface area contributed by atoms with Gasteiger partial charge in [0.05, 0.1) is 25.6 Å². The molecule has 1 aromatic heterocycles. The summed E-state index contributed by atoms with van der Waals surface area (Å²) >= 11 is 0. The second-order valence-electron chi connectivity index (χ2n) is 4.14. The first-order chi connectivity index (χ1) is 8.72. The zero-order valence-corrected chi connectivity index (χ0v) is 10.4. The van der Waals surface area contributed by atoms with E-state index in [0.29, 0.717) is 19.6 Å². The summed E-state index contributed by atoms with van der Waals surface area (Å²) in [6, 6.07) is 0. The summed E-state index contributed by atoms with van der Waals surface area (Å²) < 4.78 is 7.38. The number of carboxylic acid groups (broad SMARTS) is 1. The predicted octanol–water partition coefficient (Wildman–Crippen LogP) is 0.906. The molecule has 0 saturated heterocycles. The summed E-state index contributed by atoms with van der Waals surface area (Å²) in [6.45, 7) is 1.08. The highest BCUT2D eigenvalue weighted by atomic mass is 16.5. The fourth-order valence-corrected chi connectivity index (χ4v) is 1.60. The summed E-state index contributed by atoms with van der Waals surface area (Å²) in [7, 11) is 0. The average molecular weight is 256 g/mol. The molecule has 0 bridgehead atoms. The number of hydrogen-bond acceptors (Lipinski definition) is 4. The number of carboxylic acids is 1. The van der Waals surface area contributed by atoms with Crippen molar-refractivity contribution in [1.82, 2.24) is 9.55 Å². The number of aromatic nitrogens is 2. The van der Waals surface area contributed by atoms with Crippen molar-refractivity contribution in [2.45, 2.75) is 38.3 Å². The van der Waals surface area contributed by atoms with Crippen LogP contribution in [0.15, 0.2) is 18.7 Å². The first kappa shape index (κ1) is 14.7. The Kier molecular flexibility index (Phi) is 7.05. The molecule has 0 radical (unpaired) electrons. The summed E-state index contributed by atoms with van der Waals surface area (Å²) in [5.41, 5.74) is 0. The third-order valence-electron chi connectivity index (χ3n) is 2.57. The van der Waals surface area contributed by atoms with Gasteiger partial charge in [-0.15, -0.1) is 0 Å². The van der Waals surface area contributed by atoms with E-state index in [1.807, 2.05) is 10.8 Å². The molecule has 0 aliphatic rings. The SMILES string of the molecule is O=C(O)CCCCCOC(CO)Cn1ccnc1. The number of carbonyl (C=O) groups is 1. The van der Waals surface area contributed by atoms with Gasteiger partial charge >= 0.3 is 5.97 Å². The van der Waals surface area contributed by atoms with E-state index in [2.05, 4.69) is 4.98 Å². The number of nitrogens with zero attached hydrogens (tertiary/aromatic N) is 2. The van der Waals surface area contributed by atoms with Gasteiger partial charge in [0.15, 0.2) is 0 Å². The zero-order valence-electron chi connectivity index (χ0n) is 10.4. The molecule has 2 N–H and O–H groups in total. The van der Waals surface area contributed by atoms with Gasteiger partial charge in [0.1, 0.15) is 0 Å². The minimum atomic E-state index is -0.760. The van der Waals surface area contributed by atoms with Gasteiger partial charge < -0.3 is 19.5 Å². The largest absolute Gasteiger partial charge is 0.481 e. The highest BCUT2D eigenvalue weighted by Crippen LogP contribution is 2.03. The maximum atomic E-state index is 10.3. The molecule has 1 unspecified atom stereocenters. The van der Waals surface area contributed by atoms with Crippen molar-refractivity contribution in [3.05, 3.63) is 18.7 Å². The van der Waals surface area contributed by atoms with Crippen LogP contribution in [-0.4, -0.2) is 45.1 Å². The Morgan fingerprint density at radius 2 is 2.22 bits per heavy atom. The van der Waals surface area contributed by atoms with Crippen molar-refractivity contribution in [2.75, 3.05) is 13.2 Å². The lowest BCUT2D eigenvalue weighted by Crippen LogP contribution is -2.24. The second kappa shape index (κ2) is 8.66. The minimum Gasteiger partial charge on any atom is -0.481 e. The van der Waals surface area contributed by atoms with Crippen LogP contribution in [0.2, 0.25) is 0 Å². The van der Waals surface area contributed by atoms with Crippen LogP contribution in [0.5, 0.6) is 0 Å². The molecule has 0 spiro atoms. The molecule has 0 fully saturated rings. The zero-order chi connectivity index (χ0) is 13.2. The second-order valence-corrected chi connectivity index (χ2v) is 4.14. The molecular weight excluding hydrogens is 236 g/mol. The number of hydrogen-bond donors (Lipinski definition) is 2. The first-order valence-corrected chi connectivity index (χ1v) is 6.12. The van der Waals surface area contributed by atoms with Gasteiger partial charge in [-0.05, 0) is 12.8 Å². The lowest BCUT2D eigenvalue weighted by molar-refractivity contribution is -0.137. The van der Waals surface area contributed by atoms with Crippen molar-refractivity contribution < 1.29 is 19.7 Å². The fraction of sp³-hybridized carbons (Fsp3) is 0.667. The fourth-order valence-electron chi connectivity index (χ4n) is 1.60. The Labute approximate surface area is 106 Å². The number of aliphatic carboxylic acids is 1. The topological polar surface area (TPSA) is 84.6 Å². The van der Waals surface area contributed by atoms with E-state index in [1.54, 1.807) is 12.5 Å². The molecule has 0 saturated carbocycles. The molecule has 6 nitrogen and oxygen atoms in total. The van der Waals surface area contributed by atoms with Gasteiger partial charge in [0.2, 0.25) is 0 Å². The van der Waals surface area contributed by atoms with Crippen LogP contribution in [-0.2, 0) is 16.1 Å². The molecule has 0 aliphatic heterocycles. The lowest BCUT2D eigenvalue weighted by atomic mass is 10.2. The molecule has 102 valence electrons. The van der Waals surface area contributed by atoms with Crippen molar-refractivity contribution in [1.29, 1.82) is 0 Å². The Balaban J connectivity index is 2.07. The highest BCUT2D eigenvalue weighted by molar-refractivity contribution is 5.66. The van der Waals surface area contributed by atoms with E-state index in [1.165, 1.54) is 0 Å². The quantitative estimate of drug-likeness (QED) is 0.608. The van der Waals surface area contributed by atoms with Crippen LogP contribution < -0.4 is 0 Å². The Hall–Kier alpha value is -1.40. The Morgan fingerprint density at radius 3 is 2.83 bits per heavy atom. The maximum Gasteiger partial charge on any atom is 0.303 e. The Bertz CT molecular complexity index is 327. The number of rotatable bonds is 10. The normalized spacial score (nSPS) is 12.5. The number of unbranched alkanes of at least 4 members (excludes halogenated alkanes) is 2. The molecule has 0 amide bonds. The number of ether oxygens (including phenoxy) is 1. The molecule has 1 heterocycles. The minimum absolute atomic E-state index is 0.0344. The van der Waals surface area contributed by atoms with Crippen molar-refractivity contribution in [3.63, 3.8) is 0 Å². The number of aliphatic hydroxyl groups excluding tert-OH is 1. The molecule has 1 aromatic rings. The molecular formula is C12H20N2O4. The van der Waals surface area contributed by atoms with Gasteiger partial charge in [0, 0.05) is 25.4 Å². The van der Waals surface area contributed by atoms with Gasteiger partial charge in [-0.25, -0.2) is 4.98 Å². The Morgan fingerprint density at radius 1 is 1.39 bits per heavy atom. The summed E-state index contributed by atoms with van der Waals surface area (Å²) in [5.74, 6) is -0.760. The average Bonchev–Trinajstić information content (AvgIpc) is 2.84. The van der Waals surface area contributed by atoms with E-state index in [4.69, 9.17) is 14.9 Å². The van der Waals surface area contributed by atoms with E-state index < -0.39 is 5.97 Å². The van der Waals surface area contributed by atoms with Crippen molar-refractivity contribution in [2.24, 2.45) is 0 Å². The van der Waals surface area contributed by atoms with E-state index in [0.717, 1.165) is 12.8 Å². The van der Waals surface area contributed by atoms with Crippen molar-refractivity contribution in [3.8, 4) is 0 Å². The predicted molar refractivity (Wildman–Crippen MR) is 65.2 cm³/mol. The van der Waals surface area contributed by atoms with Crippen LogP contribution in [0.1, 0.15) is 25.7 Å². The molecule has 1 atom stereocenters. The smallest absolute Gasteiger partial charge is 0.303 e. The van der Waals surface area contributed by atoms with Crippen LogP contribution in [0, 0.1) is 0 Å². The third kappa shape index (κ3) is 6.36. The summed E-state index contributed by atoms with van der Waals surface area (Å²) in [6.07, 6.45) is 7.46. The van der Waals surface area contributed by atoms with Gasteiger partial charge in [-0.1, -0.05) is 6.42 Å². The first-order valence-electron chi connectivity index (χ1n) is 6.12. The van der Waals surface area contributed by atoms with E-state index >= 15 is 0 Å². The summed E-state index contributed by atoms with van der Waals surface area (Å²) in [5, 5.41) is 17.6. The van der Waals surface area contributed by atoms with Crippen LogP contribution >= 0.6 is 0 Å². The molecule has 18 heavy (non-hydrogen) atoms. The number of imidazole rings is 1. The van der Waals surface area contributed by atoms with Crippen LogP contribution in [0.3, 0.4) is 0 Å². The maximum absolute atomic E-state index is 10.3. The van der Waals surface area contributed by atoms with E-state index in [-0.39, 0.29) is 19.1 Å². The summed E-state index contributed by atoms with van der Waals surface area (Å²) in [4.78, 5) is 14.2. The highest BCUT2D eigenvalue weighted by Gasteiger charge is 2.08. The monoisotopic (exact) mass is 256 g/mol. The third-order valence-corrected chi connectivity index (χ3v) is 2.57.